The number of rotatable bonds is 9. The molecule has 0 aliphatic carbocycles. The minimum absolute atomic E-state index is 0.0378. The van der Waals surface area contributed by atoms with Crippen LogP contribution in [0.2, 0.25) is 0 Å². The first-order chi connectivity index (χ1) is 9.47. The van der Waals surface area contributed by atoms with Crippen LogP contribution in [0.4, 0.5) is 0 Å². The van der Waals surface area contributed by atoms with Gasteiger partial charge in [-0.2, -0.15) is 0 Å². The van der Waals surface area contributed by atoms with Gasteiger partial charge in [-0.05, 0) is 37.0 Å². The van der Waals surface area contributed by atoms with Gasteiger partial charge in [0, 0.05) is 0 Å². The number of hydrogen-bond donors (Lipinski definition) is 1. The second-order valence-electron chi connectivity index (χ2n) is 5.37. The average molecular weight is 280 g/mol. The summed E-state index contributed by atoms with van der Waals surface area (Å²) in [5, 5.41) is 8.68. The Labute approximate surface area is 120 Å². The van der Waals surface area contributed by atoms with Crippen LogP contribution in [0.25, 0.3) is 0 Å². The average Bonchev–Trinajstić information content (AvgIpc) is 2.35. The summed E-state index contributed by atoms with van der Waals surface area (Å²) in [6, 6.07) is 7.11. The van der Waals surface area contributed by atoms with Crippen LogP contribution >= 0.6 is 0 Å². The zero-order valence-corrected chi connectivity index (χ0v) is 12.5. The third kappa shape index (κ3) is 7.14. The van der Waals surface area contributed by atoms with Crippen LogP contribution in [0.15, 0.2) is 24.3 Å². The fourth-order valence-corrected chi connectivity index (χ4v) is 2.02. The Kier molecular flexibility index (Phi) is 7.09. The zero-order valence-electron chi connectivity index (χ0n) is 12.5. The summed E-state index contributed by atoms with van der Waals surface area (Å²) in [6.07, 6.45) is 1.33. The van der Waals surface area contributed by atoms with Gasteiger partial charge >= 0.3 is 5.97 Å². The van der Waals surface area contributed by atoms with Gasteiger partial charge in [-0.25, -0.2) is 0 Å². The number of hydrogen-bond acceptors (Lipinski definition) is 3. The molecule has 0 aliphatic heterocycles. The van der Waals surface area contributed by atoms with Crippen LogP contribution < -0.4 is 4.74 Å². The highest BCUT2D eigenvalue weighted by Crippen LogP contribution is 2.13. The van der Waals surface area contributed by atoms with E-state index in [1.165, 1.54) is 0 Å². The molecule has 1 aromatic rings. The van der Waals surface area contributed by atoms with Crippen molar-refractivity contribution < 1.29 is 19.4 Å². The molecule has 0 bridgehead atoms. The minimum Gasteiger partial charge on any atom is -0.491 e. The van der Waals surface area contributed by atoms with Gasteiger partial charge in [0.15, 0.2) is 0 Å². The third-order valence-electron chi connectivity index (χ3n) is 2.84. The van der Waals surface area contributed by atoms with E-state index in [0.717, 1.165) is 17.7 Å². The van der Waals surface area contributed by atoms with Gasteiger partial charge in [0.1, 0.15) is 12.4 Å². The summed E-state index contributed by atoms with van der Waals surface area (Å²) in [7, 11) is 0. The lowest BCUT2D eigenvalue weighted by Crippen LogP contribution is -2.16. The minimum atomic E-state index is -0.828. The normalized spacial score (nSPS) is 12.4. The Morgan fingerprint density at radius 2 is 1.80 bits per heavy atom. The lowest BCUT2D eigenvalue weighted by atomic mass is 10.1. The Bertz CT molecular complexity index is 397. The van der Waals surface area contributed by atoms with Gasteiger partial charge in [-0.1, -0.05) is 26.0 Å². The molecule has 1 atom stereocenters. The fraction of sp³-hybridized carbons (Fsp3) is 0.562. The van der Waals surface area contributed by atoms with Crippen molar-refractivity contribution in [2.45, 2.75) is 39.7 Å². The molecule has 112 valence electrons. The van der Waals surface area contributed by atoms with E-state index in [0.29, 0.717) is 19.1 Å². The van der Waals surface area contributed by atoms with E-state index in [2.05, 4.69) is 20.8 Å². The van der Waals surface area contributed by atoms with E-state index in [1.807, 2.05) is 0 Å². The molecular weight excluding hydrogens is 256 g/mol. The Morgan fingerprint density at radius 1 is 1.15 bits per heavy atom. The first kappa shape index (κ1) is 16.5. The summed E-state index contributed by atoms with van der Waals surface area (Å²) < 4.78 is 11.2. The lowest BCUT2D eigenvalue weighted by Gasteiger charge is -2.15. The second kappa shape index (κ2) is 8.59. The molecular formula is C16H24O4. The zero-order chi connectivity index (χ0) is 15.0. The van der Waals surface area contributed by atoms with Crippen molar-refractivity contribution in [1.29, 1.82) is 0 Å². The standard InChI is InChI=1S/C16H24O4/c1-12(2)10-13(3)19-8-9-20-15-6-4-14(5-7-15)11-16(17)18/h4-7,12-13H,8-11H2,1-3H3,(H,17,18). The highest BCUT2D eigenvalue weighted by Gasteiger charge is 2.05. The van der Waals surface area contributed by atoms with Gasteiger partial charge in [-0.3, -0.25) is 4.79 Å². The molecule has 1 aromatic carbocycles. The van der Waals surface area contributed by atoms with E-state index in [9.17, 15) is 4.79 Å². The largest absolute Gasteiger partial charge is 0.491 e. The van der Waals surface area contributed by atoms with Crippen molar-refractivity contribution in [3.8, 4) is 5.75 Å². The molecule has 0 fully saturated rings. The molecule has 1 rings (SSSR count). The molecule has 0 saturated carbocycles. The van der Waals surface area contributed by atoms with Crippen molar-refractivity contribution >= 4 is 5.97 Å². The van der Waals surface area contributed by atoms with E-state index < -0.39 is 5.97 Å². The van der Waals surface area contributed by atoms with Crippen molar-refractivity contribution in [1.82, 2.24) is 0 Å². The Morgan fingerprint density at radius 3 is 2.35 bits per heavy atom. The van der Waals surface area contributed by atoms with E-state index in [-0.39, 0.29) is 12.5 Å². The summed E-state index contributed by atoms with van der Waals surface area (Å²) >= 11 is 0. The molecule has 0 saturated heterocycles. The SMILES string of the molecule is CC(C)CC(C)OCCOc1ccc(CC(=O)O)cc1. The van der Waals surface area contributed by atoms with Crippen LogP contribution in [0.3, 0.4) is 0 Å². The number of aliphatic carboxylic acids is 1. The van der Waals surface area contributed by atoms with Crippen molar-refractivity contribution in [2.24, 2.45) is 5.92 Å². The van der Waals surface area contributed by atoms with Gasteiger partial charge in [-0.15, -0.1) is 0 Å². The molecule has 0 heterocycles. The molecule has 0 radical (unpaired) electrons. The molecule has 4 heteroatoms. The van der Waals surface area contributed by atoms with Crippen LogP contribution in [0, 0.1) is 5.92 Å². The third-order valence-corrected chi connectivity index (χ3v) is 2.84. The Hall–Kier alpha value is -1.55. The Balaban J connectivity index is 2.23. The number of carboxylic acid groups (broad SMARTS) is 1. The molecule has 20 heavy (non-hydrogen) atoms. The molecule has 4 nitrogen and oxygen atoms in total. The van der Waals surface area contributed by atoms with Crippen LogP contribution in [0.5, 0.6) is 5.75 Å². The topological polar surface area (TPSA) is 55.8 Å². The van der Waals surface area contributed by atoms with Crippen molar-refractivity contribution in [2.75, 3.05) is 13.2 Å². The summed E-state index contributed by atoms with van der Waals surface area (Å²) in [6.45, 7) is 7.48. The van der Waals surface area contributed by atoms with E-state index in [1.54, 1.807) is 24.3 Å². The highest BCUT2D eigenvalue weighted by molar-refractivity contribution is 5.70. The predicted molar refractivity (Wildman–Crippen MR) is 78.1 cm³/mol. The molecule has 0 amide bonds. The second-order valence-corrected chi connectivity index (χ2v) is 5.37. The maximum Gasteiger partial charge on any atom is 0.307 e. The lowest BCUT2D eigenvalue weighted by molar-refractivity contribution is -0.136. The predicted octanol–water partition coefficient (Wildman–Crippen LogP) is 3.14. The first-order valence-corrected chi connectivity index (χ1v) is 7.02. The summed E-state index contributed by atoms with van der Waals surface area (Å²) in [4.78, 5) is 10.6. The maximum absolute atomic E-state index is 10.6. The highest BCUT2D eigenvalue weighted by atomic mass is 16.5. The van der Waals surface area contributed by atoms with E-state index in [4.69, 9.17) is 14.6 Å². The molecule has 1 unspecified atom stereocenters. The number of carboxylic acids is 1. The van der Waals surface area contributed by atoms with Crippen LogP contribution in [-0.2, 0) is 16.0 Å². The molecule has 0 aromatic heterocycles. The van der Waals surface area contributed by atoms with Crippen LogP contribution in [-0.4, -0.2) is 30.4 Å². The quantitative estimate of drug-likeness (QED) is 0.706. The first-order valence-electron chi connectivity index (χ1n) is 7.02. The fourth-order valence-electron chi connectivity index (χ4n) is 2.02. The summed E-state index contributed by atoms with van der Waals surface area (Å²) in [5.41, 5.74) is 0.770. The summed E-state index contributed by atoms with van der Waals surface area (Å²) in [5.74, 6) is 0.540. The molecule has 0 aliphatic rings. The smallest absolute Gasteiger partial charge is 0.307 e. The van der Waals surface area contributed by atoms with Crippen molar-refractivity contribution in [3.63, 3.8) is 0 Å². The number of benzene rings is 1. The number of carbonyl (C=O) groups is 1. The van der Waals surface area contributed by atoms with Gasteiger partial charge < -0.3 is 14.6 Å². The number of ether oxygens (including phenoxy) is 2. The van der Waals surface area contributed by atoms with E-state index >= 15 is 0 Å². The molecule has 1 N–H and O–H groups in total. The molecule has 0 spiro atoms. The maximum atomic E-state index is 10.6. The monoisotopic (exact) mass is 280 g/mol. The van der Waals surface area contributed by atoms with Gasteiger partial charge in [0.05, 0.1) is 19.1 Å². The van der Waals surface area contributed by atoms with Crippen LogP contribution in [0.1, 0.15) is 32.8 Å². The van der Waals surface area contributed by atoms with Gasteiger partial charge in [0.2, 0.25) is 0 Å². The van der Waals surface area contributed by atoms with Crippen molar-refractivity contribution in [3.05, 3.63) is 29.8 Å². The van der Waals surface area contributed by atoms with Gasteiger partial charge in [0.25, 0.3) is 0 Å².